The molecule has 0 saturated carbocycles. The van der Waals surface area contributed by atoms with Gasteiger partial charge in [0.15, 0.2) is 10.8 Å². The van der Waals surface area contributed by atoms with Gasteiger partial charge in [-0.1, -0.05) is 0 Å². The number of furan rings is 1. The summed E-state index contributed by atoms with van der Waals surface area (Å²) in [4.78, 5) is 4.15. The molecule has 0 radical (unpaired) electrons. The summed E-state index contributed by atoms with van der Waals surface area (Å²) in [5.74, 6) is 0.783. The summed E-state index contributed by atoms with van der Waals surface area (Å²) < 4.78 is 9.93. The van der Waals surface area contributed by atoms with Gasteiger partial charge >= 0.3 is 0 Å². The van der Waals surface area contributed by atoms with Crippen LogP contribution in [0.3, 0.4) is 0 Å². The van der Waals surface area contributed by atoms with E-state index in [4.69, 9.17) is 4.42 Å². The van der Waals surface area contributed by atoms with Gasteiger partial charge in [0.05, 0.1) is 6.26 Å². The van der Waals surface area contributed by atoms with Crippen molar-refractivity contribution < 1.29 is 4.42 Å². The Morgan fingerprint density at radius 2 is 2.45 bits per heavy atom. The molecule has 2 rings (SSSR count). The zero-order chi connectivity index (χ0) is 7.68. The van der Waals surface area contributed by atoms with Gasteiger partial charge in [0, 0.05) is 22.6 Å². The van der Waals surface area contributed by atoms with Gasteiger partial charge in [0.1, 0.15) is 0 Å². The molecule has 3 nitrogen and oxygen atoms in total. The SMILES string of the molecule is Ic1nsc(-c2ccco2)n1. The van der Waals surface area contributed by atoms with Gasteiger partial charge < -0.3 is 4.42 Å². The predicted octanol–water partition coefficient (Wildman–Crippen LogP) is 2.40. The molecule has 0 bridgehead atoms. The summed E-state index contributed by atoms with van der Waals surface area (Å²) in [6, 6.07) is 3.71. The van der Waals surface area contributed by atoms with Crippen molar-refractivity contribution in [1.29, 1.82) is 0 Å². The molecule has 0 unspecified atom stereocenters. The van der Waals surface area contributed by atoms with Crippen LogP contribution in [0.5, 0.6) is 0 Å². The van der Waals surface area contributed by atoms with E-state index < -0.39 is 0 Å². The minimum absolute atomic E-state index is 0.763. The molecule has 0 fully saturated rings. The smallest absolute Gasteiger partial charge is 0.203 e. The van der Waals surface area contributed by atoms with Gasteiger partial charge in [-0.2, -0.15) is 4.37 Å². The lowest BCUT2D eigenvalue weighted by Crippen LogP contribution is -1.71. The molecule has 11 heavy (non-hydrogen) atoms. The van der Waals surface area contributed by atoms with Crippen LogP contribution in [-0.2, 0) is 0 Å². The first kappa shape index (κ1) is 7.23. The van der Waals surface area contributed by atoms with E-state index in [-0.39, 0.29) is 0 Å². The summed E-state index contributed by atoms with van der Waals surface area (Å²) in [6.07, 6.45) is 1.63. The molecule has 0 N–H and O–H groups in total. The predicted molar refractivity (Wildman–Crippen MR) is 50.3 cm³/mol. The van der Waals surface area contributed by atoms with Crippen LogP contribution in [0.2, 0.25) is 0 Å². The van der Waals surface area contributed by atoms with E-state index in [9.17, 15) is 0 Å². The number of halogens is 1. The van der Waals surface area contributed by atoms with Crippen molar-refractivity contribution in [2.24, 2.45) is 0 Å². The van der Waals surface area contributed by atoms with Crippen molar-refractivity contribution in [3.8, 4) is 10.8 Å². The Hall–Kier alpha value is -0.430. The summed E-state index contributed by atoms with van der Waals surface area (Å²) in [7, 11) is 0. The highest BCUT2D eigenvalue weighted by atomic mass is 127. The maximum absolute atomic E-state index is 5.14. The Morgan fingerprint density at radius 3 is 3.00 bits per heavy atom. The van der Waals surface area contributed by atoms with Crippen LogP contribution in [0.1, 0.15) is 0 Å². The Labute approximate surface area is 80.8 Å². The van der Waals surface area contributed by atoms with E-state index in [0.717, 1.165) is 14.6 Å². The summed E-state index contributed by atoms with van der Waals surface area (Å²) >= 11 is 3.42. The molecule has 0 atom stereocenters. The van der Waals surface area contributed by atoms with Crippen molar-refractivity contribution >= 4 is 34.1 Å². The molecule has 2 heterocycles. The van der Waals surface area contributed by atoms with Crippen molar-refractivity contribution in [1.82, 2.24) is 9.36 Å². The van der Waals surface area contributed by atoms with Crippen LogP contribution in [0.25, 0.3) is 10.8 Å². The third-order valence-corrected chi connectivity index (χ3v) is 2.67. The fourth-order valence-corrected chi connectivity index (χ4v) is 1.94. The Balaban J connectivity index is 2.45. The van der Waals surface area contributed by atoms with E-state index in [2.05, 4.69) is 31.9 Å². The normalized spacial score (nSPS) is 10.3. The first-order chi connectivity index (χ1) is 5.36. The van der Waals surface area contributed by atoms with Gasteiger partial charge in [-0.15, -0.1) is 0 Å². The van der Waals surface area contributed by atoms with Gasteiger partial charge in [-0.3, -0.25) is 0 Å². The molecular formula is C6H3IN2OS. The van der Waals surface area contributed by atoms with Crippen LogP contribution in [0.4, 0.5) is 0 Å². The highest BCUT2D eigenvalue weighted by molar-refractivity contribution is 14.1. The molecule has 2 aromatic rings. The molecule has 0 aliphatic heterocycles. The first-order valence-corrected chi connectivity index (χ1v) is 4.74. The minimum atomic E-state index is 0.763. The Morgan fingerprint density at radius 1 is 1.55 bits per heavy atom. The largest absolute Gasteiger partial charge is 0.462 e. The van der Waals surface area contributed by atoms with Crippen LogP contribution in [-0.4, -0.2) is 9.36 Å². The maximum Gasteiger partial charge on any atom is 0.203 e. The van der Waals surface area contributed by atoms with Crippen LogP contribution in [0.15, 0.2) is 22.8 Å². The average Bonchev–Trinajstić information content (AvgIpc) is 2.55. The number of hydrogen-bond donors (Lipinski definition) is 0. The fourth-order valence-electron chi connectivity index (χ4n) is 0.706. The van der Waals surface area contributed by atoms with Crippen molar-refractivity contribution in [2.45, 2.75) is 0 Å². The zero-order valence-corrected chi connectivity index (χ0v) is 8.29. The van der Waals surface area contributed by atoms with E-state index in [1.165, 1.54) is 11.5 Å². The van der Waals surface area contributed by atoms with Gasteiger partial charge in [-0.25, -0.2) is 4.98 Å². The van der Waals surface area contributed by atoms with Crippen LogP contribution >= 0.6 is 34.1 Å². The van der Waals surface area contributed by atoms with E-state index in [1.54, 1.807) is 6.26 Å². The number of hydrogen-bond acceptors (Lipinski definition) is 4. The first-order valence-electron chi connectivity index (χ1n) is 2.89. The lowest BCUT2D eigenvalue weighted by atomic mass is 10.5. The van der Waals surface area contributed by atoms with E-state index in [1.807, 2.05) is 12.1 Å². The third-order valence-electron chi connectivity index (χ3n) is 1.13. The van der Waals surface area contributed by atoms with Gasteiger partial charge in [-0.05, 0) is 23.7 Å². The number of nitrogens with zero attached hydrogens (tertiary/aromatic N) is 2. The van der Waals surface area contributed by atoms with E-state index >= 15 is 0 Å². The second kappa shape index (κ2) is 2.90. The topological polar surface area (TPSA) is 38.9 Å². The Kier molecular flexibility index (Phi) is 1.91. The fraction of sp³-hybridized carbons (Fsp3) is 0. The number of aromatic nitrogens is 2. The van der Waals surface area contributed by atoms with Crippen molar-refractivity contribution in [2.75, 3.05) is 0 Å². The molecule has 5 heteroatoms. The molecule has 0 saturated heterocycles. The summed E-state index contributed by atoms with van der Waals surface area (Å²) in [5.41, 5.74) is 0. The van der Waals surface area contributed by atoms with Crippen LogP contribution in [0, 0.1) is 3.83 Å². The standard InChI is InChI=1S/C6H3IN2OS/c7-6-8-5(11-9-6)4-2-1-3-10-4/h1-3H. The van der Waals surface area contributed by atoms with Gasteiger partial charge in [0.2, 0.25) is 3.83 Å². The van der Waals surface area contributed by atoms with E-state index in [0.29, 0.717) is 0 Å². The lowest BCUT2D eigenvalue weighted by Gasteiger charge is -1.82. The number of rotatable bonds is 1. The Bertz CT molecular complexity index is 343. The lowest BCUT2D eigenvalue weighted by molar-refractivity contribution is 0.582. The summed E-state index contributed by atoms with van der Waals surface area (Å²) in [6.45, 7) is 0. The quantitative estimate of drug-likeness (QED) is 0.752. The monoisotopic (exact) mass is 278 g/mol. The van der Waals surface area contributed by atoms with Crippen molar-refractivity contribution in [3.05, 3.63) is 22.2 Å². The second-order valence-electron chi connectivity index (χ2n) is 1.85. The molecular weight excluding hydrogens is 275 g/mol. The van der Waals surface area contributed by atoms with Crippen LogP contribution < -0.4 is 0 Å². The molecule has 0 aliphatic carbocycles. The molecule has 0 spiro atoms. The molecule has 2 aromatic heterocycles. The molecule has 56 valence electrons. The molecule has 0 aromatic carbocycles. The van der Waals surface area contributed by atoms with Crippen molar-refractivity contribution in [3.63, 3.8) is 0 Å². The minimum Gasteiger partial charge on any atom is -0.462 e. The average molecular weight is 278 g/mol. The maximum atomic E-state index is 5.14. The van der Waals surface area contributed by atoms with Gasteiger partial charge in [0.25, 0.3) is 0 Å². The zero-order valence-electron chi connectivity index (χ0n) is 5.32. The summed E-state index contributed by atoms with van der Waals surface area (Å²) in [5, 5.41) is 0.833. The highest BCUT2D eigenvalue weighted by Gasteiger charge is 2.05. The third kappa shape index (κ3) is 1.43. The molecule has 0 amide bonds. The second-order valence-corrected chi connectivity index (χ2v) is 3.56. The highest BCUT2D eigenvalue weighted by Crippen LogP contribution is 2.21. The molecule has 0 aliphatic rings.